The third-order valence-electron chi connectivity index (χ3n) is 3.59. The first-order valence-electron chi connectivity index (χ1n) is 6.04. The summed E-state index contributed by atoms with van der Waals surface area (Å²) in [5.74, 6) is -1.36. The molecule has 96 valence electrons. The highest BCUT2D eigenvalue weighted by Crippen LogP contribution is 2.36. The number of hydrogen-bond donors (Lipinski definition) is 0. The molecule has 1 fully saturated rings. The Morgan fingerprint density at radius 3 is 1.78 bits per heavy atom. The molecular weight excluding hydrogens is 228 g/mol. The minimum Gasteiger partial charge on any atom is -0.295 e. The van der Waals surface area contributed by atoms with Crippen LogP contribution in [0.3, 0.4) is 0 Å². The largest absolute Gasteiger partial charge is 0.295 e. The van der Waals surface area contributed by atoms with Gasteiger partial charge in [-0.2, -0.15) is 0 Å². The van der Waals surface area contributed by atoms with E-state index in [0.29, 0.717) is 19.3 Å². The number of ketones is 3. The molecule has 3 atom stereocenters. The summed E-state index contributed by atoms with van der Waals surface area (Å²) in [5.41, 5.74) is 0. The van der Waals surface area contributed by atoms with Gasteiger partial charge >= 0.3 is 0 Å². The standard InChI is InChI=1S/C15H18O3/c1-4-13(16)10-7-8-11(14(17)5-2)12(9-10)15(18)6-3/h4-6,10-12H,1-3,7-9H2. The summed E-state index contributed by atoms with van der Waals surface area (Å²) < 4.78 is 0. The van der Waals surface area contributed by atoms with Gasteiger partial charge in [-0.3, -0.25) is 14.4 Å². The van der Waals surface area contributed by atoms with Crippen LogP contribution >= 0.6 is 0 Å². The maximum atomic E-state index is 11.8. The van der Waals surface area contributed by atoms with Crippen LogP contribution in [0.4, 0.5) is 0 Å². The molecule has 0 aliphatic heterocycles. The van der Waals surface area contributed by atoms with E-state index in [4.69, 9.17) is 0 Å². The molecule has 0 amide bonds. The van der Waals surface area contributed by atoms with Crippen molar-refractivity contribution in [3.63, 3.8) is 0 Å². The van der Waals surface area contributed by atoms with E-state index in [-0.39, 0.29) is 29.2 Å². The zero-order valence-corrected chi connectivity index (χ0v) is 10.4. The van der Waals surface area contributed by atoms with E-state index in [9.17, 15) is 14.4 Å². The van der Waals surface area contributed by atoms with Crippen molar-refractivity contribution in [1.82, 2.24) is 0 Å². The Morgan fingerprint density at radius 1 is 0.778 bits per heavy atom. The molecule has 0 saturated heterocycles. The Bertz CT molecular complexity index is 406. The fourth-order valence-electron chi connectivity index (χ4n) is 2.55. The fraction of sp³-hybridized carbons (Fsp3) is 0.400. The molecule has 1 aliphatic carbocycles. The second-order valence-electron chi connectivity index (χ2n) is 4.54. The van der Waals surface area contributed by atoms with Crippen LogP contribution in [-0.2, 0) is 14.4 Å². The highest BCUT2D eigenvalue weighted by molar-refractivity contribution is 6.00. The highest BCUT2D eigenvalue weighted by Gasteiger charge is 2.38. The fourth-order valence-corrected chi connectivity index (χ4v) is 2.55. The van der Waals surface area contributed by atoms with Crippen molar-refractivity contribution in [3.05, 3.63) is 38.0 Å². The van der Waals surface area contributed by atoms with E-state index in [1.807, 2.05) is 0 Å². The number of carbonyl (C=O) groups excluding carboxylic acids is 3. The van der Waals surface area contributed by atoms with E-state index >= 15 is 0 Å². The second-order valence-corrected chi connectivity index (χ2v) is 4.54. The van der Waals surface area contributed by atoms with Crippen LogP contribution in [0.15, 0.2) is 38.0 Å². The Kier molecular flexibility index (Phi) is 4.95. The molecule has 3 heteroatoms. The van der Waals surface area contributed by atoms with Gasteiger partial charge in [-0.25, -0.2) is 0 Å². The first-order valence-corrected chi connectivity index (χ1v) is 6.04. The van der Waals surface area contributed by atoms with Gasteiger partial charge in [-0.15, -0.1) is 0 Å². The smallest absolute Gasteiger partial charge is 0.158 e. The third-order valence-corrected chi connectivity index (χ3v) is 3.59. The lowest BCUT2D eigenvalue weighted by Gasteiger charge is -2.32. The van der Waals surface area contributed by atoms with Gasteiger partial charge in [-0.05, 0) is 37.5 Å². The van der Waals surface area contributed by atoms with Crippen LogP contribution in [0.5, 0.6) is 0 Å². The van der Waals surface area contributed by atoms with Crippen LogP contribution in [0, 0.1) is 17.8 Å². The maximum absolute atomic E-state index is 11.8. The molecule has 1 saturated carbocycles. The third kappa shape index (κ3) is 2.92. The molecular formula is C15H18O3. The SMILES string of the molecule is C=CC(=O)C1CCC(C(=O)C=C)C(C(=O)C=C)C1. The van der Waals surface area contributed by atoms with Crippen molar-refractivity contribution in [3.8, 4) is 0 Å². The zero-order valence-electron chi connectivity index (χ0n) is 10.4. The molecule has 3 nitrogen and oxygen atoms in total. The monoisotopic (exact) mass is 246 g/mol. The Labute approximate surface area is 107 Å². The van der Waals surface area contributed by atoms with Gasteiger partial charge in [0.1, 0.15) is 0 Å². The number of rotatable bonds is 6. The molecule has 0 aromatic rings. The van der Waals surface area contributed by atoms with Crippen LogP contribution in [-0.4, -0.2) is 17.3 Å². The summed E-state index contributed by atoms with van der Waals surface area (Å²) in [6, 6.07) is 0. The molecule has 0 heterocycles. The first kappa shape index (κ1) is 14.3. The lowest BCUT2D eigenvalue weighted by molar-refractivity contribution is -0.132. The number of allylic oxidation sites excluding steroid dienone is 3. The summed E-state index contributed by atoms with van der Waals surface area (Å²) >= 11 is 0. The van der Waals surface area contributed by atoms with Crippen LogP contribution in [0.25, 0.3) is 0 Å². The van der Waals surface area contributed by atoms with Crippen molar-refractivity contribution < 1.29 is 14.4 Å². The molecule has 0 radical (unpaired) electrons. The van der Waals surface area contributed by atoms with Gasteiger partial charge in [0, 0.05) is 17.8 Å². The van der Waals surface area contributed by atoms with E-state index < -0.39 is 5.92 Å². The summed E-state index contributed by atoms with van der Waals surface area (Å²) in [6.07, 6.45) is 5.34. The molecule has 0 N–H and O–H groups in total. The number of carbonyl (C=O) groups is 3. The lowest BCUT2D eigenvalue weighted by atomic mass is 9.69. The van der Waals surface area contributed by atoms with Crippen molar-refractivity contribution in [2.45, 2.75) is 19.3 Å². The van der Waals surface area contributed by atoms with Crippen molar-refractivity contribution >= 4 is 17.3 Å². The predicted octanol–water partition coefficient (Wildman–Crippen LogP) is 2.28. The van der Waals surface area contributed by atoms with E-state index in [2.05, 4.69) is 19.7 Å². The first-order chi connectivity index (χ1) is 8.54. The molecule has 0 bridgehead atoms. The van der Waals surface area contributed by atoms with E-state index in [1.54, 1.807) is 0 Å². The van der Waals surface area contributed by atoms with Crippen LogP contribution in [0.2, 0.25) is 0 Å². The van der Waals surface area contributed by atoms with Crippen molar-refractivity contribution in [2.75, 3.05) is 0 Å². The molecule has 1 rings (SSSR count). The quantitative estimate of drug-likeness (QED) is 0.676. The van der Waals surface area contributed by atoms with E-state index in [1.165, 1.54) is 18.2 Å². The molecule has 1 aliphatic rings. The minimum atomic E-state index is -0.448. The van der Waals surface area contributed by atoms with Crippen molar-refractivity contribution in [1.29, 1.82) is 0 Å². The second kappa shape index (κ2) is 6.24. The summed E-state index contributed by atoms with van der Waals surface area (Å²) in [4.78, 5) is 35.2. The Morgan fingerprint density at radius 2 is 1.28 bits per heavy atom. The van der Waals surface area contributed by atoms with Crippen LogP contribution in [0.1, 0.15) is 19.3 Å². The molecule has 0 aromatic carbocycles. The number of hydrogen-bond acceptors (Lipinski definition) is 3. The summed E-state index contributed by atoms with van der Waals surface area (Å²) in [7, 11) is 0. The topological polar surface area (TPSA) is 51.2 Å². The van der Waals surface area contributed by atoms with Crippen molar-refractivity contribution in [2.24, 2.45) is 17.8 Å². The molecule has 3 unspecified atom stereocenters. The zero-order chi connectivity index (χ0) is 13.7. The van der Waals surface area contributed by atoms with Gasteiger partial charge in [-0.1, -0.05) is 19.7 Å². The van der Waals surface area contributed by atoms with Crippen LogP contribution < -0.4 is 0 Å². The minimum absolute atomic E-state index is 0.0543. The molecule has 18 heavy (non-hydrogen) atoms. The molecule has 0 aromatic heterocycles. The summed E-state index contributed by atoms with van der Waals surface area (Å²) in [5, 5.41) is 0. The lowest BCUT2D eigenvalue weighted by Crippen LogP contribution is -2.36. The summed E-state index contributed by atoms with van der Waals surface area (Å²) in [6.45, 7) is 10.4. The predicted molar refractivity (Wildman–Crippen MR) is 69.9 cm³/mol. The Hall–Kier alpha value is -1.77. The van der Waals surface area contributed by atoms with Gasteiger partial charge in [0.25, 0.3) is 0 Å². The normalized spacial score (nSPS) is 27.0. The molecule has 0 spiro atoms. The average molecular weight is 246 g/mol. The Balaban J connectivity index is 2.92. The van der Waals surface area contributed by atoms with Gasteiger partial charge in [0.2, 0.25) is 0 Å². The maximum Gasteiger partial charge on any atom is 0.158 e. The average Bonchev–Trinajstić information content (AvgIpc) is 2.43. The van der Waals surface area contributed by atoms with Gasteiger partial charge in [0.05, 0.1) is 0 Å². The van der Waals surface area contributed by atoms with Gasteiger partial charge < -0.3 is 0 Å². The van der Waals surface area contributed by atoms with Gasteiger partial charge in [0.15, 0.2) is 17.3 Å². The van der Waals surface area contributed by atoms with E-state index in [0.717, 1.165) is 0 Å². The highest BCUT2D eigenvalue weighted by atomic mass is 16.1.